The molecule has 51 heavy (non-hydrogen) atoms. The largest absolute Gasteiger partial charge is 0.494 e. The number of carbonyl (C=O) groups is 1. The van der Waals surface area contributed by atoms with Crippen LogP contribution in [0.15, 0.2) is 77.4 Å². The summed E-state index contributed by atoms with van der Waals surface area (Å²) in [6.45, 7) is 2.72. The average Bonchev–Trinajstić information content (AvgIpc) is 3.63. The monoisotopic (exact) mass is 712 g/mol. The van der Waals surface area contributed by atoms with Gasteiger partial charge in [0.25, 0.3) is 5.91 Å². The highest BCUT2D eigenvalue weighted by Gasteiger charge is 2.20. The number of sulfonamides is 1. The molecule has 1 amide bonds. The Morgan fingerprint density at radius 2 is 1.63 bits per heavy atom. The van der Waals surface area contributed by atoms with Crippen LogP contribution in [0.3, 0.4) is 0 Å². The van der Waals surface area contributed by atoms with Gasteiger partial charge in [-0.3, -0.25) is 19.6 Å². The molecular weight excluding hydrogens is 677 g/mol. The number of anilines is 4. The average molecular weight is 713 g/mol. The van der Waals surface area contributed by atoms with Crippen LogP contribution in [0.5, 0.6) is 5.75 Å². The molecule has 0 fully saturated rings. The van der Waals surface area contributed by atoms with Crippen LogP contribution < -0.4 is 25.4 Å². The standard InChI is InChI=1S/C35H36N8O7S/c1-3-51(47,48)42-23-13-15-27(31(21-23)49-2)39-32-24-10-6-7-11-26(24)38-29-20-22(12-14-25(29)32)35(44)37-19-9-5-4-8-18-36-28-16-17-30(43(45)46)34-33(28)40-50-41-34/h6-7,10-17,20-21,36,42H,3-5,8-9,18-19H2,1-2H3,(H,37,44)(H,38,39). The molecule has 0 saturated carbocycles. The van der Waals surface area contributed by atoms with Gasteiger partial charge in [-0.05, 0) is 72.5 Å². The second-order valence-electron chi connectivity index (χ2n) is 11.7. The van der Waals surface area contributed by atoms with Gasteiger partial charge in [0.2, 0.25) is 15.5 Å². The topological polar surface area (TPSA) is 204 Å². The molecule has 0 aliphatic heterocycles. The number of para-hydroxylation sites is 1. The quantitative estimate of drug-likeness (QED) is 0.0356. The van der Waals surface area contributed by atoms with E-state index in [1.54, 1.807) is 43.3 Å². The van der Waals surface area contributed by atoms with E-state index in [2.05, 4.69) is 31.0 Å². The van der Waals surface area contributed by atoms with Crippen LogP contribution in [0.4, 0.5) is 28.4 Å². The number of fused-ring (bicyclic) bond motifs is 3. The summed E-state index contributed by atoms with van der Waals surface area (Å²) < 4.78 is 37.0. The molecule has 6 rings (SSSR count). The van der Waals surface area contributed by atoms with E-state index in [1.165, 1.54) is 13.2 Å². The maximum atomic E-state index is 13.1. The summed E-state index contributed by atoms with van der Waals surface area (Å²) in [7, 11) is -1.94. The highest BCUT2D eigenvalue weighted by atomic mass is 32.2. The highest BCUT2D eigenvalue weighted by Crippen LogP contribution is 2.37. The van der Waals surface area contributed by atoms with Gasteiger partial charge in [-0.15, -0.1) is 0 Å². The van der Waals surface area contributed by atoms with Gasteiger partial charge in [-0.1, -0.05) is 31.0 Å². The van der Waals surface area contributed by atoms with Crippen LogP contribution in [0.1, 0.15) is 43.0 Å². The van der Waals surface area contributed by atoms with E-state index in [1.807, 2.05) is 30.3 Å². The third kappa shape index (κ3) is 7.91. The Labute approximate surface area is 292 Å². The first-order valence-corrected chi connectivity index (χ1v) is 18.0. The van der Waals surface area contributed by atoms with Gasteiger partial charge in [0.15, 0.2) is 5.52 Å². The molecule has 16 heteroatoms. The zero-order valence-corrected chi connectivity index (χ0v) is 28.7. The molecule has 0 radical (unpaired) electrons. The van der Waals surface area contributed by atoms with Gasteiger partial charge in [0.05, 0.1) is 51.6 Å². The Morgan fingerprint density at radius 1 is 0.882 bits per heavy atom. The molecule has 6 aromatic rings. The van der Waals surface area contributed by atoms with E-state index in [0.29, 0.717) is 52.5 Å². The lowest BCUT2D eigenvalue weighted by atomic mass is 10.0. The molecule has 264 valence electrons. The van der Waals surface area contributed by atoms with Crippen molar-refractivity contribution in [1.29, 1.82) is 0 Å². The predicted octanol–water partition coefficient (Wildman–Crippen LogP) is 6.75. The number of amides is 1. The number of unbranched alkanes of at least 4 members (excludes halogenated alkanes) is 3. The molecule has 0 bridgehead atoms. The normalized spacial score (nSPS) is 11.5. The number of hydrogen-bond acceptors (Lipinski definition) is 12. The first-order chi connectivity index (χ1) is 24.7. The summed E-state index contributed by atoms with van der Waals surface area (Å²) in [4.78, 5) is 28.6. The van der Waals surface area contributed by atoms with Crippen LogP contribution >= 0.6 is 0 Å². The van der Waals surface area contributed by atoms with Crippen molar-refractivity contribution in [2.75, 3.05) is 41.3 Å². The summed E-state index contributed by atoms with van der Waals surface area (Å²) in [6, 6.07) is 21.1. The van der Waals surface area contributed by atoms with Gasteiger partial charge < -0.3 is 20.7 Å². The van der Waals surface area contributed by atoms with Crippen molar-refractivity contribution >= 4 is 77.2 Å². The lowest BCUT2D eigenvalue weighted by Crippen LogP contribution is -2.24. The van der Waals surface area contributed by atoms with Crippen molar-refractivity contribution in [2.24, 2.45) is 0 Å². The van der Waals surface area contributed by atoms with Crippen LogP contribution in [-0.4, -0.2) is 60.5 Å². The van der Waals surface area contributed by atoms with Crippen LogP contribution in [0.25, 0.3) is 32.8 Å². The van der Waals surface area contributed by atoms with E-state index in [9.17, 15) is 23.3 Å². The fraction of sp³-hybridized carbons (Fsp3) is 0.257. The van der Waals surface area contributed by atoms with E-state index < -0.39 is 14.9 Å². The Hall–Kier alpha value is -6.03. The second-order valence-corrected chi connectivity index (χ2v) is 13.7. The summed E-state index contributed by atoms with van der Waals surface area (Å²) in [6.07, 6.45) is 3.47. The van der Waals surface area contributed by atoms with Crippen molar-refractivity contribution in [3.8, 4) is 5.75 Å². The van der Waals surface area contributed by atoms with Crippen LogP contribution in [0, 0.1) is 10.1 Å². The molecule has 0 spiro atoms. The van der Waals surface area contributed by atoms with Crippen molar-refractivity contribution in [3.63, 3.8) is 0 Å². The van der Waals surface area contributed by atoms with Crippen molar-refractivity contribution in [3.05, 3.63) is 88.5 Å². The van der Waals surface area contributed by atoms with Crippen LogP contribution in [0.2, 0.25) is 0 Å². The first-order valence-electron chi connectivity index (χ1n) is 16.4. The molecule has 0 unspecified atom stereocenters. The lowest BCUT2D eigenvalue weighted by Gasteiger charge is -2.17. The number of non-ortho nitro benzene ring substituents is 1. The third-order valence-corrected chi connectivity index (χ3v) is 9.66. The molecule has 0 saturated heterocycles. The molecule has 0 aliphatic rings. The number of nitro benzene ring substituents is 1. The maximum absolute atomic E-state index is 13.1. The van der Waals surface area contributed by atoms with Crippen molar-refractivity contribution < 1.29 is 27.5 Å². The Balaban J connectivity index is 1.06. The zero-order valence-electron chi connectivity index (χ0n) is 27.9. The number of benzene rings is 4. The summed E-state index contributed by atoms with van der Waals surface area (Å²) in [5.41, 5.74) is 4.55. The molecule has 2 aromatic heterocycles. The minimum Gasteiger partial charge on any atom is -0.494 e. The van der Waals surface area contributed by atoms with Gasteiger partial charge in [0.1, 0.15) is 5.75 Å². The third-order valence-electron chi connectivity index (χ3n) is 8.35. The molecule has 15 nitrogen and oxygen atoms in total. The number of ether oxygens (including phenoxy) is 1. The summed E-state index contributed by atoms with van der Waals surface area (Å²) >= 11 is 0. The minimum atomic E-state index is -3.46. The van der Waals surface area contributed by atoms with E-state index in [0.717, 1.165) is 47.7 Å². The van der Waals surface area contributed by atoms with Gasteiger partial charge in [-0.25, -0.2) is 18.0 Å². The Morgan fingerprint density at radius 3 is 2.41 bits per heavy atom. The first kappa shape index (κ1) is 34.8. The zero-order chi connectivity index (χ0) is 36.0. The highest BCUT2D eigenvalue weighted by molar-refractivity contribution is 7.92. The van der Waals surface area contributed by atoms with Gasteiger partial charge in [-0.2, -0.15) is 0 Å². The predicted molar refractivity (Wildman–Crippen MR) is 196 cm³/mol. The lowest BCUT2D eigenvalue weighted by molar-refractivity contribution is -0.383. The van der Waals surface area contributed by atoms with Crippen molar-refractivity contribution in [1.82, 2.24) is 20.6 Å². The number of methoxy groups -OCH3 is 1. The molecule has 4 aromatic carbocycles. The van der Waals surface area contributed by atoms with E-state index in [-0.39, 0.29) is 22.9 Å². The van der Waals surface area contributed by atoms with Crippen LogP contribution in [-0.2, 0) is 10.0 Å². The van der Waals surface area contributed by atoms with Crippen molar-refractivity contribution in [2.45, 2.75) is 32.6 Å². The number of aromatic nitrogens is 3. The maximum Gasteiger partial charge on any atom is 0.300 e. The number of nitrogens with zero attached hydrogens (tertiary/aromatic N) is 4. The SMILES string of the molecule is CCS(=O)(=O)Nc1ccc(Nc2c3ccccc3nc3cc(C(=O)NCCCCCCNc4ccc([N+](=O)[O-])c5nonc45)ccc23)c(OC)c1. The molecular formula is C35H36N8O7S. The number of carbonyl (C=O) groups excluding carboxylic acids is 1. The molecule has 4 N–H and O–H groups in total. The molecule has 2 heterocycles. The fourth-order valence-electron chi connectivity index (χ4n) is 5.69. The van der Waals surface area contributed by atoms with E-state index in [4.69, 9.17) is 14.3 Å². The number of hydrogen-bond donors (Lipinski definition) is 4. The number of pyridine rings is 1. The minimum absolute atomic E-state index is 0.0506. The summed E-state index contributed by atoms with van der Waals surface area (Å²) in [5, 5.41) is 30.0. The fourth-order valence-corrected chi connectivity index (χ4v) is 6.32. The Kier molecular flexibility index (Phi) is 10.4. The van der Waals surface area contributed by atoms with Gasteiger partial charge >= 0.3 is 5.69 Å². The number of nitrogens with one attached hydrogen (secondary N) is 4. The Bertz CT molecular complexity index is 2350. The smallest absolute Gasteiger partial charge is 0.300 e. The van der Waals surface area contributed by atoms with Gasteiger partial charge in [0, 0.05) is 41.6 Å². The number of nitro groups is 1. The molecule has 0 aliphatic carbocycles. The van der Waals surface area contributed by atoms with E-state index >= 15 is 0 Å². The number of rotatable bonds is 16. The summed E-state index contributed by atoms with van der Waals surface area (Å²) in [5.74, 6) is 0.200. The molecule has 0 atom stereocenters. The second kappa shape index (κ2) is 15.2.